The first kappa shape index (κ1) is 9.46. The molecule has 10 heavy (non-hydrogen) atoms. The number of aromatic carboxylic acids is 1. The Kier molecular flexibility index (Phi) is 3.39. The lowest BCUT2D eigenvalue weighted by Gasteiger charge is -1.97. The third-order valence-electron chi connectivity index (χ3n) is 1.08. The second kappa shape index (κ2) is 3.58. The number of hydrogen-bond acceptors (Lipinski definition) is 3. The monoisotopic (exact) mass is 176 g/mol. The summed E-state index contributed by atoms with van der Waals surface area (Å²) in [6.07, 6.45) is 0. The van der Waals surface area contributed by atoms with Crippen LogP contribution in [0, 0.1) is 6.92 Å². The normalized spacial score (nSPS) is 8.50. The van der Waals surface area contributed by atoms with E-state index in [1.807, 2.05) is 0 Å². The lowest BCUT2D eigenvalue weighted by atomic mass is 10.3. The molecule has 0 unspecified atom stereocenters. The van der Waals surface area contributed by atoms with Crippen molar-refractivity contribution in [3.8, 4) is 0 Å². The van der Waals surface area contributed by atoms with Gasteiger partial charge in [0.25, 0.3) is 0 Å². The lowest BCUT2D eigenvalue weighted by molar-refractivity contribution is -0.255. The highest BCUT2D eigenvalue weighted by Crippen LogP contribution is 2.13. The minimum Gasteiger partial charge on any atom is -1.00 e. The number of halogens is 1. The van der Waals surface area contributed by atoms with Crippen LogP contribution >= 0.6 is 11.3 Å². The molecule has 0 radical (unpaired) electrons. The molecule has 0 saturated carbocycles. The standard InChI is InChI=1S/C6H6O2S.ClH/c1-4-5(6(7)8)2-3-9-4;/h2-3H,1H3,(H,7,8);1H/p-2. The van der Waals surface area contributed by atoms with Crippen LogP contribution in [0.5, 0.6) is 0 Å². The average molecular weight is 177 g/mol. The highest BCUT2D eigenvalue weighted by Gasteiger charge is 1.97. The van der Waals surface area contributed by atoms with Gasteiger partial charge in [0.1, 0.15) is 0 Å². The summed E-state index contributed by atoms with van der Waals surface area (Å²) in [5, 5.41) is 11.9. The van der Waals surface area contributed by atoms with Gasteiger partial charge in [0.2, 0.25) is 0 Å². The van der Waals surface area contributed by atoms with E-state index in [2.05, 4.69) is 0 Å². The van der Waals surface area contributed by atoms with Crippen LogP contribution < -0.4 is 17.5 Å². The van der Waals surface area contributed by atoms with Crippen molar-refractivity contribution >= 4 is 17.3 Å². The molecule has 0 fully saturated rings. The highest BCUT2D eigenvalue weighted by molar-refractivity contribution is 7.10. The van der Waals surface area contributed by atoms with E-state index in [-0.39, 0.29) is 12.4 Å². The van der Waals surface area contributed by atoms with E-state index in [9.17, 15) is 9.90 Å². The van der Waals surface area contributed by atoms with Gasteiger partial charge in [0.05, 0.1) is 5.97 Å². The van der Waals surface area contributed by atoms with E-state index in [0.717, 1.165) is 4.88 Å². The van der Waals surface area contributed by atoms with Crippen LogP contribution in [0.2, 0.25) is 0 Å². The predicted molar refractivity (Wildman–Crippen MR) is 33.4 cm³/mol. The summed E-state index contributed by atoms with van der Waals surface area (Å²) in [4.78, 5) is 11.0. The zero-order valence-corrected chi connectivity index (χ0v) is 6.83. The van der Waals surface area contributed by atoms with Gasteiger partial charge in [-0.1, -0.05) is 0 Å². The van der Waals surface area contributed by atoms with Crippen molar-refractivity contribution in [3.63, 3.8) is 0 Å². The summed E-state index contributed by atoms with van der Waals surface area (Å²) in [6.45, 7) is 1.76. The maximum atomic E-state index is 10.2. The molecule has 0 aliphatic carbocycles. The summed E-state index contributed by atoms with van der Waals surface area (Å²) in [5.74, 6) is -1.09. The van der Waals surface area contributed by atoms with Crippen molar-refractivity contribution in [1.29, 1.82) is 0 Å². The van der Waals surface area contributed by atoms with E-state index >= 15 is 0 Å². The third kappa shape index (κ3) is 1.72. The largest absolute Gasteiger partial charge is 1.00 e. The fraction of sp³-hybridized carbons (Fsp3) is 0.167. The number of carbonyl (C=O) groups excluding carboxylic acids is 1. The molecule has 0 saturated heterocycles. The summed E-state index contributed by atoms with van der Waals surface area (Å²) >= 11 is 1.41. The summed E-state index contributed by atoms with van der Waals surface area (Å²) in [7, 11) is 0. The molecule has 0 atom stereocenters. The minimum absolute atomic E-state index is 0. The second-order valence-corrected chi connectivity index (χ2v) is 2.80. The SMILES string of the molecule is Cc1sccc1C(=O)[O-].[Cl-]. The van der Waals surface area contributed by atoms with Gasteiger partial charge in [0, 0.05) is 10.4 Å². The van der Waals surface area contributed by atoms with E-state index in [1.54, 1.807) is 18.4 Å². The van der Waals surface area contributed by atoms with Gasteiger partial charge in [0.15, 0.2) is 0 Å². The van der Waals surface area contributed by atoms with E-state index in [0.29, 0.717) is 5.56 Å². The van der Waals surface area contributed by atoms with Crippen molar-refractivity contribution in [2.24, 2.45) is 0 Å². The molecule has 0 aliphatic rings. The van der Waals surface area contributed by atoms with Crippen molar-refractivity contribution in [1.82, 2.24) is 0 Å². The number of carboxylic acid groups (broad SMARTS) is 1. The highest BCUT2D eigenvalue weighted by atomic mass is 35.5. The Hall–Kier alpha value is -0.540. The number of thiophene rings is 1. The number of rotatable bonds is 1. The van der Waals surface area contributed by atoms with E-state index < -0.39 is 5.97 Å². The predicted octanol–water partition coefficient (Wildman–Crippen LogP) is -2.58. The molecule has 0 spiro atoms. The quantitative estimate of drug-likeness (QED) is 0.472. The smallest absolute Gasteiger partial charge is 0.0726 e. The van der Waals surface area contributed by atoms with E-state index in [1.165, 1.54) is 11.3 Å². The van der Waals surface area contributed by atoms with Crippen LogP contribution in [-0.4, -0.2) is 5.97 Å². The molecule has 0 N–H and O–H groups in total. The molecule has 0 bridgehead atoms. The lowest BCUT2D eigenvalue weighted by Crippen LogP contribution is -3.00. The summed E-state index contributed by atoms with van der Waals surface area (Å²) < 4.78 is 0. The van der Waals surface area contributed by atoms with Gasteiger partial charge in [-0.2, -0.15) is 0 Å². The number of hydrogen-bond donors (Lipinski definition) is 0. The molecule has 1 heterocycles. The topological polar surface area (TPSA) is 40.1 Å². The van der Waals surface area contributed by atoms with Gasteiger partial charge in [-0.15, -0.1) is 11.3 Å². The van der Waals surface area contributed by atoms with Crippen LogP contribution in [0.1, 0.15) is 15.2 Å². The van der Waals surface area contributed by atoms with Gasteiger partial charge < -0.3 is 22.3 Å². The molecule has 2 nitrogen and oxygen atoms in total. The number of aryl methyl sites for hydroxylation is 1. The van der Waals surface area contributed by atoms with Crippen molar-refractivity contribution in [2.45, 2.75) is 6.92 Å². The molecule has 0 aliphatic heterocycles. The zero-order valence-electron chi connectivity index (χ0n) is 5.26. The molecule has 56 valence electrons. The van der Waals surface area contributed by atoms with Crippen LogP contribution in [0.3, 0.4) is 0 Å². The minimum atomic E-state index is -1.09. The summed E-state index contributed by atoms with van der Waals surface area (Å²) in [6, 6.07) is 1.55. The van der Waals surface area contributed by atoms with Gasteiger partial charge in [-0.3, -0.25) is 0 Å². The Morgan fingerprint density at radius 1 is 1.70 bits per heavy atom. The first-order valence-electron chi connectivity index (χ1n) is 2.47. The van der Waals surface area contributed by atoms with E-state index in [4.69, 9.17) is 0 Å². The van der Waals surface area contributed by atoms with Crippen molar-refractivity contribution in [2.75, 3.05) is 0 Å². The number of carboxylic acids is 1. The van der Waals surface area contributed by atoms with Crippen LogP contribution in [0.15, 0.2) is 11.4 Å². The molecular formula is C6H5ClO2S-2. The maximum absolute atomic E-state index is 10.2. The third-order valence-corrected chi connectivity index (χ3v) is 1.92. The second-order valence-electron chi connectivity index (χ2n) is 1.68. The molecule has 1 aromatic rings. The zero-order chi connectivity index (χ0) is 6.85. The Labute approximate surface area is 68.9 Å². The molecule has 4 heteroatoms. The van der Waals surface area contributed by atoms with Crippen LogP contribution in [-0.2, 0) is 0 Å². The van der Waals surface area contributed by atoms with Crippen LogP contribution in [0.4, 0.5) is 0 Å². The average Bonchev–Trinajstić information content (AvgIpc) is 2.13. The fourth-order valence-electron chi connectivity index (χ4n) is 0.597. The fourth-order valence-corrected chi connectivity index (χ4v) is 1.28. The van der Waals surface area contributed by atoms with Gasteiger partial charge in [-0.05, 0) is 18.4 Å². The molecule has 1 aromatic heterocycles. The Morgan fingerprint density at radius 3 is 2.50 bits per heavy atom. The maximum Gasteiger partial charge on any atom is 0.0726 e. The van der Waals surface area contributed by atoms with Crippen molar-refractivity contribution < 1.29 is 22.3 Å². The first-order chi connectivity index (χ1) is 4.22. The van der Waals surface area contributed by atoms with Crippen molar-refractivity contribution in [3.05, 3.63) is 21.9 Å². The van der Waals surface area contributed by atoms with Gasteiger partial charge >= 0.3 is 0 Å². The van der Waals surface area contributed by atoms with Crippen LogP contribution in [0.25, 0.3) is 0 Å². The molecular weight excluding hydrogens is 172 g/mol. The Morgan fingerprint density at radius 2 is 2.30 bits per heavy atom. The molecule has 0 aromatic carbocycles. The number of carbonyl (C=O) groups is 1. The first-order valence-corrected chi connectivity index (χ1v) is 3.35. The molecule has 1 rings (SSSR count). The molecule has 0 amide bonds. The Balaban J connectivity index is 0.000000810. The Bertz CT molecular complexity index is 231. The summed E-state index contributed by atoms with van der Waals surface area (Å²) in [5.41, 5.74) is 0.306. The van der Waals surface area contributed by atoms with Gasteiger partial charge in [-0.25, -0.2) is 0 Å².